The number of benzene rings is 2. The molecular weight excluding hydrogens is 426 g/mol. The van der Waals surface area contributed by atoms with Gasteiger partial charge in [-0.1, -0.05) is 65.3 Å². The maximum atomic E-state index is 13.2. The number of rotatable bonds is 8. The highest BCUT2D eigenvalue weighted by atomic mass is 16.5. The van der Waals surface area contributed by atoms with Gasteiger partial charge >= 0.3 is 0 Å². The number of aliphatic hydroxyl groups is 1. The van der Waals surface area contributed by atoms with Gasteiger partial charge in [-0.3, -0.25) is 9.59 Å². The molecule has 0 spiro atoms. The van der Waals surface area contributed by atoms with Crippen molar-refractivity contribution in [3.8, 4) is 5.75 Å². The highest BCUT2D eigenvalue weighted by Crippen LogP contribution is 2.41. The van der Waals surface area contributed by atoms with Crippen LogP contribution in [-0.2, 0) is 15.0 Å². The zero-order valence-corrected chi connectivity index (χ0v) is 21.3. The van der Waals surface area contributed by atoms with Gasteiger partial charge in [0, 0.05) is 12.1 Å². The Kier molecular flexibility index (Phi) is 7.86. The van der Waals surface area contributed by atoms with E-state index < -0.39 is 17.7 Å². The van der Waals surface area contributed by atoms with E-state index in [1.165, 1.54) is 0 Å². The van der Waals surface area contributed by atoms with Gasteiger partial charge in [0.25, 0.3) is 11.7 Å². The molecule has 1 aliphatic rings. The van der Waals surface area contributed by atoms with Gasteiger partial charge in [0.05, 0.1) is 18.2 Å². The molecule has 0 radical (unpaired) electrons. The van der Waals surface area contributed by atoms with Crippen LogP contribution < -0.4 is 4.74 Å². The molecule has 1 saturated heterocycles. The molecule has 1 unspecified atom stereocenters. The molecule has 3 rings (SSSR count). The number of ketones is 1. The van der Waals surface area contributed by atoms with Crippen LogP contribution >= 0.6 is 0 Å². The fourth-order valence-corrected chi connectivity index (χ4v) is 4.24. The number of ether oxygens (including phenoxy) is 1. The summed E-state index contributed by atoms with van der Waals surface area (Å²) in [5, 5.41) is 11.5. The monoisotopic (exact) mass is 463 g/mol. The summed E-state index contributed by atoms with van der Waals surface area (Å²) in [4.78, 5) is 27.9. The molecule has 0 aromatic heterocycles. The number of carbonyl (C=O) groups is 2. The SMILES string of the molecule is CCCCN1C(=O)C(=O)/C(=C(/O)c2cc(C(C)(C)C)ccc2C)C1c1ccc(OCCC)cc1. The van der Waals surface area contributed by atoms with Crippen molar-refractivity contribution in [2.45, 2.75) is 72.3 Å². The molecule has 2 aromatic rings. The van der Waals surface area contributed by atoms with E-state index in [-0.39, 0.29) is 16.7 Å². The van der Waals surface area contributed by atoms with Gasteiger partial charge in [0.15, 0.2) is 0 Å². The average Bonchev–Trinajstić information content (AvgIpc) is 3.05. The van der Waals surface area contributed by atoms with Crippen molar-refractivity contribution in [2.75, 3.05) is 13.2 Å². The molecule has 0 bridgehead atoms. The van der Waals surface area contributed by atoms with Crippen molar-refractivity contribution >= 4 is 17.4 Å². The third-order valence-corrected chi connectivity index (χ3v) is 6.32. The zero-order valence-electron chi connectivity index (χ0n) is 21.3. The van der Waals surface area contributed by atoms with Gasteiger partial charge in [-0.15, -0.1) is 0 Å². The predicted octanol–water partition coefficient (Wildman–Crippen LogP) is 6.30. The van der Waals surface area contributed by atoms with Crippen molar-refractivity contribution in [1.82, 2.24) is 4.90 Å². The largest absolute Gasteiger partial charge is 0.507 e. The number of Topliss-reactive ketones (excluding diaryl/α,β-unsaturated/α-hetero) is 1. The van der Waals surface area contributed by atoms with Crippen molar-refractivity contribution in [3.05, 3.63) is 70.3 Å². The summed E-state index contributed by atoms with van der Waals surface area (Å²) in [6, 6.07) is 12.8. The van der Waals surface area contributed by atoms with E-state index in [9.17, 15) is 14.7 Å². The Morgan fingerprint density at radius 2 is 1.71 bits per heavy atom. The number of aryl methyl sites for hydroxylation is 1. The Bertz CT molecular complexity index is 1080. The number of carbonyl (C=O) groups excluding carboxylic acids is 2. The van der Waals surface area contributed by atoms with Crippen molar-refractivity contribution < 1.29 is 19.4 Å². The van der Waals surface area contributed by atoms with Crippen molar-refractivity contribution in [3.63, 3.8) is 0 Å². The number of hydrogen-bond donors (Lipinski definition) is 1. The molecule has 5 heteroatoms. The second kappa shape index (κ2) is 10.5. The molecule has 0 saturated carbocycles. The molecular formula is C29H37NO4. The number of likely N-dealkylation sites (tertiary alicyclic amines) is 1. The Labute approximate surface area is 203 Å². The molecule has 1 amide bonds. The maximum Gasteiger partial charge on any atom is 0.295 e. The van der Waals surface area contributed by atoms with Gasteiger partial charge in [0.2, 0.25) is 0 Å². The average molecular weight is 464 g/mol. The minimum Gasteiger partial charge on any atom is -0.507 e. The Morgan fingerprint density at radius 1 is 1.03 bits per heavy atom. The summed E-state index contributed by atoms with van der Waals surface area (Å²) in [5.41, 5.74) is 3.31. The zero-order chi connectivity index (χ0) is 25.0. The van der Waals surface area contributed by atoms with Crippen LogP contribution in [0.4, 0.5) is 0 Å². The van der Waals surface area contributed by atoms with Gasteiger partial charge < -0.3 is 14.7 Å². The summed E-state index contributed by atoms with van der Waals surface area (Å²) in [5.74, 6) is -0.566. The fourth-order valence-electron chi connectivity index (χ4n) is 4.24. The molecule has 2 aromatic carbocycles. The van der Waals surface area contributed by atoms with E-state index in [2.05, 4.69) is 20.8 Å². The second-order valence-electron chi connectivity index (χ2n) is 10.0. The van der Waals surface area contributed by atoms with Gasteiger partial charge in [-0.25, -0.2) is 0 Å². The van der Waals surface area contributed by atoms with Crippen LogP contribution in [0.3, 0.4) is 0 Å². The Morgan fingerprint density at radius 3 is 2.29 bits per heavy atom. The lowest BCUT2D eigenvalue weighted by atomic mass is 9.84. The van der Waals surface area contributed by atoms with E-state index in [4.69, 9.17) is 4.74 Å². The van der Waals surface area contributed by atoms with Gasteiger partial charge in [0.1, 0.15) is 11.5 Å². The second-order valence-corrected chi connectivity index (χ2v) is 10.0. The van der Waals surface area contributed by atoms with Crippen LogP contribution in [0.2, 0.25) is 0 Å². The van der Waals surface area contributed by atoms with Crippen LogP contribution in [0.5, 0.6) is 5.75 Å². The number of hydrogen-bond acceptors (Lipinski definition) is 4. The lowest BCUT2D eigenvalue weighted by molar-refractivity contribution is -0.139. The summed E-state index contributed by atoms with van der Waals surface area (Å²) in [6.45, 7) is 13.4. The summed E-state index contributed by atoms with van der Waals surface area (Å²) >= 11 is 0. The third-order valence-electron chi connectivity index (χ3n) is 6.32. The van der Waals surface area contributed by atoms with Crippen LogP contribution in [0, 0.1) is 6.92 Å². The Hall–Kier alpha value is -3.08. The highest BCUT2D eigenvalue weighted by Gasteiger charge is 2.45. The molecule has 1 fully saturated rings. The summed E-state index contributed by atoms with van der Waals surface area (Å²) < 4.78 is 5.70. The summed E-state index contributed by atoms with van der Waals surface area (Å²) in [7, 11) is 0. The standard InChI is InChI=1S/C29H37NO4/c1-7-9-16-30-25(20-11-14-22(15-12-20)34-17-8-2)24(27(32)28(30)33)26(31)23-18-21(29(4,5)6)13-10-19(23)3/h10-15,18,25,31H,7-9,16-17H2,1-6H3/b26-24+. The van der Waals surface area contributed by atoms with Gasteiger partial charge in [-0.2, -0.15) is 0 Å². The van der Waals surface area contributed by atoms with E-state index in [0.29, 0.717) is 18.7 Å². The normalized spacial score (nSPS) is 17.9. The van der Waals surface area contributed by atoms with Crippen LogP contribution in [0.1, 0.15) is 82.2 Å². The summed E-state index contributed by atoms with van der Waals surface area (Å²) in [6.07, 6.45) is 2.58. The van der Waals surface area contributed by atoms with Crippen molar-refractivity contribution in [2.24, 2.45) is 0 Å². The number of unbranched alkanes of at least 4 members (excludes halogenated alkanes) is 1. The fraction of sp³-hybridized carbons (Fsp3) is 0.448. The Balaban J connectivity index is 2.15. The number of aliphatic hydroxyl groups excluding tert-OH is 1. The van der Waals surface area contributed by atoms with E-state index in [1.807, 2.05) is 63.2 Å². The molecule has 34 heavy (non-hydrogen) atoms. The molecule has 5 nitrogen and oxygen atoms in total. The van der Waals surface area contributed by atoms with Gasteiger partial charge in [-0.05, 0) is 60.1 Å². The van der Waals surface area contributed by atoms with E-state index >= 15 is 0 Å². The number of amides is 1. The molecule has 1 heterocycles. The molecule has 1 atom stereocenters. The first-order valence-electron chi connectivity index (χ1n) is 12.2. The van der Waals surface area contributed by atoms with Crippen LogP contribution in [0.25, 0.3) is 5.76 Å². The predicted molar refractivity (Wildman–Crippen MR) is 136 cm³/mol. The topological polar surface area (TPSA) is 66.8 Å². The van der Waals surface area contributed by atoms with E-state index in [0.717, 1.165) is 41.7 Å². The maximum absolute atomic E-state index is 13.2. The quantitative estimate of drug-likeness (QED) is 0.283. The first-order valence-corrected chi connectivity index (χ1v) is 12.2. The first kappa shape index (κ1) is 25.5. The molecule has 0 aliphatic carbocycles. The smallest absolute Gasteiger partial charge is 0.295 e. The minimum atomic E-state index is -0.635. The van der Waals surface area contributed by atoms with E-state index in [1.54, 1.807) is 4.90 Å². The van der Waals surface area contributed by atoms with Crippen LogP contribution in [0.15, 0.2) is 48.0 Å². The minimum absolute atomic E-state index is 0.114. The third kappa shape index (κ3) is 5.19. The molecule has 1 aliphatic heterocycles. The molecule has 1 N–H and O–H groups in total. The number of nitrogens with zero attached hydrogens (tertiary/aromatic N) is 1. The lowest BCUT2D eigenvalue weighted by Gasteiger charge is -2.26. The highest BCUT2D eigenvalue weighted by molar-refractivity contribution is 6.46. The van der Waals surface area contributed by atoms with Crippen molar-refractivity contribution in [1.29, 1.82) is 0 Å². The first-order chi connectivity index (χ1) is 16.1. The molecule has 182 valence electrons. The lowest BCUT2D eigenvalue weighted by Crippen LogP contribution is -2.30. The van der Waals surface area contributed by atoms with Crippen LogP contribution in [-0.4, -0.2) is 34.8 Å².